The lowest BCUT2D eigenvalue weighted by atomic mass is 9.91. The van der Waals surface area contributed by atoms with Crippen molar-refractivity contribution < 1.29 is 78.0 Å². The van der Waals surface area contributed by atoms with Crippen molar-refractivity contribution in [3.8, 4) is 40.0 Å². The Labute approximate surface area is 666 Å². The number of aromatic carboxylic acids is 1. The number of carboxylic acids is 1. The molecule has 0 aliphatic carbocycles. The van der Waals surface area contributed by atoms with Gasteiger partial charge in [-0.2, -0.15) is 0 Å². The number of rotatable bonds is 19. The quantitative estimate of drug-likeness (QED) is 0.0439. The van der Waals surface area contributed by atoms with Gasteiger partial charge < -0.3 is 76.0 Å². The number of phenols is 2. The van der Waals surface area contributed by atoms with Crippen molar-refractivity contribution >= 4 is 70.9 Å². The molecule has 12 atom stereocenters. The number of nitrogens with one attached hydrogen (secondary N) is 4. The minimum atomic E-state index is -1.61. The Kier molecular flexibility index (Phi) is 36.3. The molecule has 1 aromatic heterocycles. The van der Waals surface area contributed by atoms with Crippen LogP contribution in [-0.2, 0) is 52.7 Å². The number of amides is 11. The molecular formula is C83H126N14O16. The number of benzene rings is 3. The lowest BCUT2D eigenvalue weighted by molar-refractivity contribution is -0.157. The summed E-state index contributed by atoms with van der Waals surface area (Å²) in [6.45, 7) is 29.3. The van der Waals surface area contributed by atoms with Crippen molar-refractivity contribution in [2.75, 3.05) is 55.9 Å². The summed E-state index contributed by atoms with van der Waals surface area (Å²) in [6.07, 6.45) is 3.04. The highest BCUT2D eigenvalue weighted by Gasteiger charge is 2.46. The zero-order valence-electron chi connectivity index (χ0n) is 70.6. The summed E-state index contributed by atoms with van der Waals surface area (Å²) in [4.78, 5) is 184. The van der Waals surface area contributed by atoms with E-state index in [-0.39, 0.29) is 78.7 Å². The molecule has 30 nitrogen and oxygen atoms in total. The molecule has 0 spiro atoms. The minimum Gasteiger partial charge on any atom is -0.507 e. The number of aromatic nitrogens is 3. The molecule has 11 amide bonds. The van der Waals surface area contributed by atoms with Gasteiger partial charge in [-0.15, -0.1) is 5.10 Å². The Balaban J connectivity index is 0.000000789. The number of phenolic OH excluding ortho intramolecular Hbond substituents is 2. The molecule has 113 heavy (non-hydrogen) atoms. The van der Waals surface area contributed by atoms with E-state index in [4.69, 9.17) is 5.11 Å². The number of hydrogen-bond acceptors (Lipinski definition) is 17. The molecule has 2 heterocycles. The molecule has 8 N–H and O–H groups in total. The van der Waals surface area contributed by atoms with Crippen LogP contribution in [0.5, 0.6) is 11.5 Å². The summed E-state index contributed by atoms with van der Waals surface area (Å²) in [7, 11) is 9.92. The molecule has 4 aromatic rings. The van der Waals surface area contributed by atoms with Gasteiger partial charge in [0, 0.05) is 49.3 Å². The third kappa shape index (κ3) is 25.4. The first kappa shape index (κ1) is 95.1. The molecule has 1 aliphatic heterocycles. The van der Waals surface area contributed by atoms with Gasteiger partial charge in [0.25, 0.3) is 0 Å². The van der Waals surface area contributed by atoms with Crippen LogP contribution < -0.4 is 21.3 Å². The van der Waals surface area contributed by atoms with Crippen LogP contribution in [0.4, 0.5) is 0 Å². The van der Waals surface area contributed by atoms with Gasteiger partial charge in [-0.25, -0.2) is 14.5 Å². The summed E-state index contributed by atoms with van der Waals surface area (Å²) in [5.41, 5.74) is 1.62. The van der Waals surface area contributed by atoms with Crippen LogP contribution in [0.3, 0.4) is 0 Å². The first-order valence-corrected chi connectivity index (χ1v) is 39.0. The number of carboxylic acid groups (broad SMARTS) is 1. The number of likely N-dealkylation sites (N-methyl/N-ethyl adjacent to an activating group) is 7. The van der Waals surface area contributed by atoms with E-state index in [2.05, 4.69) is 31.3 Å². The van der Waals surface area contributed by atoms with Crippen LogP contribution in [0.25, 0.3) is 28.5 Å². The maximum Gasteiger partial charge on any atom is 0.335 e. The van der Waals surface area contributed by atoms with E-state index in [0.717, 1.165) is 9.80 Å². The van der Waals surface area contributed by atoms with E-state index in [0.29, 0.717) is 29.1 Å². The van der Waals surface area contributed by atoms with Crippen LogP contribution in [0.2, 0.25) is 0 Å². The second kappa shape index (κ2) is 43.1. The van der Waals surface area contributed by atoms with Gasteiger partial charge in [0.05, 0.1) is 35.0 Å². The third-order valence-corrected chi connectivity index (χ3v) is 20.3. The second-order valence-electron chi connectivity index (χ2n) is 32.1. The van der Waals surface area contributed by atoms with Crippen LogP contribution in [0, 0.1) is 41.4 Å². The molecule has 0 bridgehead atoms. The van der Waals surface area contributed by atoms with E-state index in [1.165, 1.54) is 111 Å². The van der Waals surface area contributed by atoms with Crippen LogP contribution >= 0.6 is 0 Å². The van der Waals surface area contributed by atoms with Crippen molar-refractivity contribution in [3.63, 3.8) is 0 Å². The predicted octanol–water partition coefficient (Wildman–Crippen LogP) is 6.98. The van der Waals surface area contributed by atoms with Crippen molar-refractivity contribution in [1.29, 1.82) is 0 Å². The first-order valence-electron chi connectivity index (χ1n) is 39.0. The number of nitrogens with zero attached hydrogens (tertiary/aromatic N) is 10. The zero-order valence-corrected chi connectivity index (χ0v) is 70.6. The highest BCUT2D eigenvalue weighted by Crippen LogP contribution is 2.34. The van der Waals surface area contributed by atoms with E-state index in [1.54, 1.807) is 109 Å². The molecular weight excluding hydrogens is 1450 g/mol. The van der Waals surface area contributed by atoms with Gasteiger partial charge in [-0.1, -0.05) is 133 Å². The maximum atomic E-state index is 15.1. The Morgan fingerprint density at radius 2 is 0.956 bits per heavy atom. The van der Waals surface area contributed by atoms with E-state index >= 15 is 9.59 Å². The number of carbonyl (C=O) groups excluding carboxylic acids is 11. The van der Waals surface area contributed by atoms with E-state index in [1.807, 2.05) is 61.5 Å². The number of aromatic hydroxyl groups is 2. The Morgan fingerprint density at radius 1 is 0.504 bits per heavy atom. The molecule has 1 saturated heterocycles. The summed E-state index contributed by atoms with van der Waals surface area (Å²) in [6, 6.07) is 7.22. The molecule has 1 fully saturated rings. The number of allylic oxidation sites excluding steroid dienone is 2. The van der Waals surface area contributed by atoms with Gasteiger partial charge in [0.1, 0.15) is 71.9 Å². The molecule has 5 rings (SSSR count). The van der Waals surface area contributed by atoms with Gasteiger partial charge in [0.15, 0.2) is 11.6 Å². The highest BCUT2D eigenvalue weighted by atomic mass is 16.4. The van der Waals surface area contributed by atoms with Crippen molar-refractivity contribution in [1.82, 2.24) is 70.3 Å². The number of hydrogen-bond donors (Lipinski definition) is 8. The molecule has 3 aromatic carbocycles. The van der Waals surface area contributed by atoms with Crippen molar-refractivity contribution in [2.24, 2.45) is 41.4 Å². The van der Waals surface area contributed by atoms with Crippen molar-refractivity contribution in [2.45, 2.75) is 223 Å². The molecule has 30 heteroatoms. The molecule has 1 aliphatic rings. The largest absolute Gasteiger partial charge is 0.507 e. The topological polar surface area (TPSA) is 387 Å². The fraction of sp³-hybridized carbons (Fsp3) is 0.590. The summed E-state index contributed by atoms with van der Waals surface area (Å²) >= 11 is 0. The first-order chi connectivity index (χ1) is 52.8. The van der Waals surface area contributed by atoms with Crippen LogP contribution in [-0.4, -0.2) is 263 Å². The molecule has 0 radical (unpaired) electrons. The second-order valence-corrected chi connectivity index (χ2v) is 32.1. The summed E-state index contributed by atoms with van der Waals surface area (Å²) in [5.74, 6) is -10.0. The lowest BCUT2D eigenvalue weighted by Crippen LogP contribution is -2.63. The fourth-order valence-electron chi connectivity index (χ4n) is 13.5. The average Bonchev–Trinajstić information content (AvgIpc) is 1.10. The van der Waals surface area contributed by atoms with Gasteiger partial charge in [0.2, 0.25) is 65.0 Å². The monoisotopic (exact) mass is 1570 g/mol. The minimum absolute atomic E-state index is 0.0229. The number of aliphatic hydroxyl groups is 1. The third-order valence-electron chi connectivity index (χ3n) is 20.3. The highest BCUT2D eigenvalue weighted by molar-refractivity contribution is 6.00. The zero-order chi connectivity index (χ0) is 85.6. The van der Waals surface area contributed by atoms with Crippen molar-refractivity contribution in [3.05, 3.63) is 90.5 Å². The summed E-state index contributed by atoms with van der Waals surface area (Å²) in [5, 5.41) is 57.1. The van der Waals surface area contributed by atoms with Gasteiger partial charge in [-0.3, -0.25) is 52.7 Å². The van der Waals surface area contributed by atoms with E-state index in [9.17, 15) is 63.3 Å². The standard InChI is InChI=1S/C62H111N11O12.C21H15N3O4/c1-25-27-28-40(15)52(75)51-56(79)65-43(26-2)58(81)67(18)33-48(74)68(19)44(29-34(3)4)55(78)66-49(38(11)12)61(84)69(20)45(30-35(5)6)54(77)63-41(16)53(76)64-42(17)57(80)70(21)46(31-36(7)8)59(82)71(22)47(32-37(9)10)60(83)72(23)50(39(13)14)62(85)73(51)24;25-17-7-3-1-5-15(17)19-22-20(16-6-2-4-8-18(16)26)24(23-19)14-11-9-13(10-12-14)21(27)28/h25,27,34-47,49-52,75H,26,28-33H2,1-24H3,(H,63,77)(H,64,76)(H,65,79)(H,66,78);1-12,25-26H,(H,27,28)/b27-25+;/t40-,41+,42-,43+,44+,45+,46+,47+,49+,50+,51+,52-;/m1./s1. The smallest absolute Gasteiger partial charge is 0.335 e. The molecule has 0 unspecified atom stereocenters. The number of carbonyl (C=O) groups is 12. The van der Waals surface area contributed by atoms with Gasteiger partial charge in [-0.05, 0) is 149 Å². The summed E-state index contributed by atoms with van der Waals surface area (Å²) < 4.78 is 1.50. The normalized spacial score (nSPS) is 22.9. The number of aliphatic hydroxyl groups excluding tert-OH is 1. The Hall–Kier alpha value is -10.3. The predicted molar refractivity (Wildman–Crippen MR) is 431 cm³/mol. The van der Waals surface area contributed by atoms with Crippen LogP contribution in [0.15, 0.2) is 84.9 Å². The lowest BCUT2D eigenvalue weighted by Gasteiger charge is -2.41. The maximum absolute atomic E-state index is 15.1. The Morgan fingerprint density at radius 3 is 1.43 bits per heavy atom. The van der Waals surface area contributed by atoms with Crippen LogP contribution in [0.1, 0.15) is 167 Å². The molecule has 624 valence electrons. The van der Waals surface area contributed by atoms with E-state index < -0.39 is 162 Å². The molecule has 0 saturated carbocycles. The number of para-hydroxylation sites is 2. The Bertz CT molecular complexity index is 3970. The average molecular weight is 1580 g/mol. The SMILES string of the molecule is C/C=C/C[C@@H](C)[C@@H](O)[C@H]1C(=O)N[C@@H](CC)C(=O)N(C)CC(=O)N(C)[C@@H](CC(C)C)C(=O)N[C@@H](C(C)C)C(=O)N(C)[C@@H](CC(C)C)C(=O)N[C@@H](C)C(=O)N[C@H](C)C(=O)N(C)[C@@H](CC(C)C)C(=O)N(C)[C@@H](CC(C)C)C(=O)N(C)[C@@H](C(C)C)C(=O)N1C.O=C(O)c1ccc(-n2nc(-c3ccccc3O)nc2-c2ccccc2O)cc1. The fourth-order valence-corrected chi connectivity index (χ4v) is 13.5. The van der Waals surface area contributed by atoms with Gasteiger partial charge >= 0.3 is 5.97 Å².